The van der Waals surface area contributed by atoms with Crippen molar-refractivity contribution in [3.8, 4) is 5.75 Å². The number of amides is 1. The number of ketones is 1. The first-order valence-electron chi connectivity index (χ1n) is 12.7. The molecule has 8 heteroatoms. The van der Waals surface area contributed by atoms with E-state index < -0.39 is 12.1 Å². The Balaban J connectivity index is 2.04. The van der Waals surface area contributed by atoms with Gasteiger partial charge in [-0.05, 0) is 53.3 Å². The maximum atomic E-state index is 13.0. The van der Waals surface area contributed by atoms with Crippen LogP contribution in [0, 0.1) is 5.92 Å². The number of nitrogens with one attached hydrogen (secondary N) is 2. The Bertz CT molecular complexity index is 1120. The van der Waals surface area contributed by atoms with E-state index in [1.165, 1.54) is 11.8 Å². The van der Waals surface area contributed by atoms with E-state index in [4.69, 9.17) is 16.3 Å². The molecule has 1 unspecified atom stereocenters. The van der Waals surface area contributed by atoms with Crippen LogP contribution in [0.3, 0.4) is 0 Å². The number of thioether (sulfide) groups is 1. The number of ether oxygens (including phenoxy) is 1. The third-order valence-corrected chi connectivity index (χ3v) is 7.40. The third-order valence-electron chi connectivity index (χ3n) is 6.12. The minimum Gasteiger partial charge on any atom is -0.513 e. The summed E-state index contributed by atoms with van der Waals surface area (Å²) in [5.41, 5.74) is 3.57. The Labute approximate surface area is 235 Å². The highest BCUT2D eigenvalue weighted by molar-refractivity contribution is 7.99. The molecule has 38 heavy (non-hydrogen) atoms. The van der Waals surface area contributed by atoms with Gasteiger partial charge in [0.2, 0.25) is 5.91 Å². The molecule has 2 atom stereocenters. The first-order chi connectivity index (χ1) is 18.0. The van der Waals surface area contributed by atoms with Crippen LogP contribution in [0.15, 0.2) is 67.1 Å². The van der Waals surface area contributed by atoms with Crippen LogP contribution in [0.25, 0.3) is 0 Å². The monoisotopic (exact) mass is 558 g/mol. The topological polar surface area (TPSA) is 87.7 Å². The van der Waals surface area contributed by atoms with Crippen molar-refractivity contribution in [3.05, 3.63) is 88.8 Å². The second-order valence-electron chi connectivity index (χ2n) is 9.53. The molecule has 0 saturated carbocycles. The third kappa shape index (κ3) is 10.1. The molecule has 3 N–H and O–H groups in total. The van der Waals surface area contributed by atoms with E-state index in [0.29, 0.717) is 22.2 Å². The van der Waals surface area contributed by atoms with Gasteiger partial charge in [0.1, 0.15) is 5.75 Å². The van der Waals surface area contributed by atoms with Crippen LogP contribution in [-0.2, 0) is 28.2 Å². The van der Waals surface area contributed by atoms with Gasteiger partial charge in [0.15, 0.2) is 5.78 Å². The second-order valence-corrected chi connectivity index (χ2v) is 11.0. The molecule has 0 aliphatic rings. The van der Waals surface area contributed by atoms with Crippen molar-refractivity contribution < 1.29 is 19.4 Å². The van der Waals surface area contributed by atoms with E-state index in [2.05, 4.69) is 23.8 Å². The average Bonchev–Trinajstić information content (AvgIpc) is 2.87. The van der Waals surface area contributed by atoms with Crippen LogP contribution < -0.4 is 15.4 Å². The Kier molecular flexibility index (Phi) is 12.8. The lowest BCUT2D eigenvalue weighted by Gasteiger charge is -2.29. The SMILES string of the molecule is C=C(O)C[C@H](NC(=C)C(NC(=O)Cc1cc(OC)ccc1CC)C(C)C)C(=O)CSCc1ccc(Cl)cc1. The predicted molar refractivity (Wildman–Crippen MR) is 158 cm³/mol. The molecule has 6 nitrogen and oxygen atoms in total. The van der Waals surface area contributed by atoms with Crippen LogP contribution in [0.5, 0.6) is 5.75 Å². The maximum absolute atomic E-state index is 13.0. The van der Waals surface area contributed by atoms with Gasteiger partial charge in [-0.15, -0.1) is 11.8 Å². The normalized spacial score (nSPS) is 12.5. The molecule has 2 rings (SSSR count). The van der Waals surface area contributed by atoms with Gasteiger partial charge < -0.3 is 20.5 Å². The summed E-state index contributed by atoms with van der Waals surface area (Å²) in [6, 6.07) is 12.1. The molecular weight excluding hydrogens is 520 g/mol. The minimum absolute atomic E-state index is 0.0160. The van der Waals surface area contributed by atoms with Crippen molar-refractivity contribution in [1.82, 2.24) is 10.6 Å². The molecule has 0 radical (unpaired) electrons. The van der Waals surface area contributed by atoms with Crippen LogP contribution in [0.1, 0.15) is 43.9 Å². The summed E-state index contributed by atoms with van der Waals surface area (Å²) >= 11 is 7.42. The van der Waals surface area contributed by atoms with E-state index in [1.54, 1.807) is 7.11 Å². The highest BCUT2D eigenvalue weighted by Gasteiger charge is 2.25. The molecule has 0 saturated heterocycles. The number of hydrogen-bond acceptors (Lipinski definition) is 6. The number of aryl methyl sites for hydroxylation is 1. The fourth-order valence-electron chi connectivity index (χ4n) is 4.04. The van der Waals surface area contributed by atoms with Crippen LogP contribution in [-0.4, -0.2) is 41.7 Å². The van der Waals surface area contributed by atoms with Crippen molar-refractivity contribution >= 4 is 35.1 Å². The fourth-order valence-corrected chi connectivity index (χ4v) is 5.10. The summed E-state index contributed by atoms with van der Waals surface area (Å²) < 4.78 is 5.33. The number of hydrogen-bond donors (Lipinski definition) is 3. The van der Waals surface area contributed by atoms with Gasteiger partial charge >= 0.3 is 0 Å². The van der Waals surface area contributed by atoms with Crippen LogP contribution in [0.2, 0.25) is 5.02 Å². The van der Waals surface area contributed by atoms with E-state index in [9.17, 15) is 14.7 Å². The van der Waals surface area contributed by atoms with E-state index in [-0.39, 0.29) is 42.0 Å². The van der Waals surface area contributed by atoms with Crippen LogP contribution >= 0.6 is 23.4 Å². The Morgan fingerprint density at radius 2 is 1.76 bits per heavy atom. The lowest BCUT2D eigenvalue weighted by Crippen LogP contribution is -2.48. The zero-order chi connectivity index (χ0) is 28.2. The molecule has 0 aliphatic heterocycles. The second kappa shape index (κ2) is 15.5. The van der Waals surface area contributed by atoms with Gasteiger partial charge in [0, 0.05) is 22.9 Å². The molecule has 206 valence electrons. The van der Waals surface area contributed by atoms with E-state index in [1.807, 2.05) is 63.2 Å². The van der Waals surface area contributed by atoms with E-state index >= 15 is 0 Å². The van der Waals surface area contributed by atoms with Gasteiger partial charge in [0.05, 0.1) is 37.1 Å². The summed E-state index contributed by atoms with van der Waals surface area (Å²) in [6.45, 7) is 13.7. The number of methoxy groups -OCH3 is 1. The molecule has 2 aromatic rings. The van der Waals surface area contributed by atoms with Gasteiger partial charge in [-0.3, -0.25) is 9.59 Å². The highest BCUT2D eigenvalue weighted by atomic mass is 35.5. The summed E-state index contributed by atoms with van der Waals surface area (Å²) in [5.74, 6) is 1.29. The number of carbonyl (C=O) groups excluding carboxylic acids is 2. The highest BCUT2D eigenvalue weighted by Crippen LogP contribution is 2.20. The first kappa shape index (κ1) is 31.3. The first-order valence-corrected chi connectivity index (χ1v) is 14.2. The van der Waals surface area contributed by atoms with Crippen molar-refractivity contribution in [3.63, 3.8) is 0 Å². The average molecular weight is 559 g/mol. The number of aliphatic hydroxyl groups is 1. The molecule has 0 aromatic heterocycles. The Hall–Kier alpha value is -2.90. The molecule has 0 bridgehead atoms. The van der Waals surface area contributed by atoms with Gasteiger partial charge in [0.25, 0.3) is 0 Å². The molecular formula is C30H39ClN2O4S. The van der Waals surface area contributed by atoms with E-state index in [0.717, 1.165) is 23.1 Å². The zero-order valence-electron chi connectivity index (χ0n) is 22.7. The number of rotatable bonds is 16. The molecule has 1 amide bonds. The standard InChI is InChI=1S/C30H39ClN2O4S/c1-7-23-10-13-26(37-6)15-24(23)16-29(36)33-30(19(2)3)21(5)32-27(14-20(4)34)28(35)18-38-17-22-8-11-25(31)12-9-22/h8-13,15,19,27,30,32,34H,4-5,7,14,16-18H2,1-3,6H3,(H,33,36)/t27-,30?/m0/s1. The molecule has 2 aromatic carbocycles. The predicted octanol–water partition coefficient (Wildman–Crippen LogP) is 6.03. The van der Waals surface area contributed by atoms with Gasteiger partial charge in [-0.25, -0.2) is 0 Å². The number of benzene rings is 2. The molecule has 0 fully saturated rings. The van der Waals surface area contributed by atoms with Crippen molar-refractivity contribution in [2.24, 2.45) is 5.92 Å². The van der Waals surface area contributed by atoms with Crippen molar-refractivity contribution in [1.29, 1.82) is 0 Å². The number of carbonyl (C=O) groups is 2. The number of aliphatic hydroxyl groups excluding tert-OH is 1. The lowest BCUT2D eigenvalue weighted by molar-refractivity contribution is -0.121. The minimum atomic E-state index is -0.707. The Morgan fingerprint density at radius 1 is 1.08 bits per heavy atom. The summed E-state index contributed by atoms with van der Waals surface area (Å²) in [5, 5.41) is 16.7. The van der Waals surface area contributed by atoms with Crippen molar-refractivity contribution in [2.45, 2.75) is 57.9 Å². The molecule has 0 heterocycles. The largest absolute Gasteiger partial charge is 0.513 e. The van der Waals surface area contributed by atoms with Gasteiger partial charge in [-0.2, -0.15) is 0 Å². The number of Topliss-reactive ketones (excluding diaryl/α,β-unsaturated/α-hetero) is 1. The molecule has 0 aliphatic carbocycles. The summed E-state index contributed by atoms with van der Waals surface area (Å²) in [4.78, 5) is 26.1. The smallest absolute Gasteiger partial charge is 0.224 e. The number of halogens is 1. The van der Waals surface area contributed by atoms with Crippen molar-refractivity contribution in [2.75, 3.05) is 12.9 Å². The molecule has 0 spiro atoms. The maximum Gasteiger partial charge on any atom is 0.224 e. The fraction of sp³-hybridized carbons (Fsp3) is 0.400. The van der Waals surface area contributed by atoms with Gasteiger partial charge in [-0.1, -0.05) is 63.7 Å². The Morgan fingerprint density at radius 3 is 2.34 bits per heavy atom. The zero-order valence-corrected chi connectivity index (χ0v) is 24.3. The van der Waals surface area contributed by atoms with Crippen LogP contribution in [0.4, 0.5) is 0 Å². The quantitative estimate of drug-likeness (QED) is 0.218. The lowest BCUT2D eigenvalue weighted by atomic mass is 9.98. The summed E-state index contributed by atoms with van der Waals surface area (Å²) in [6.07, 6.45) is 1.06. The summed E-state index contributed by atoms with van der Waals surface area (Å²) in [7, 11) is 1.60.